The Morgan fingerprint density at radius 2 is 2.12 bits per heavy atom. The van der Waals surface area contributed by atoms with Crippen molar-refractivity contribution in [2.75, 3.05) is 19.0 Å². The number of rotatable bonds is 7. The molecular weight excluding hydrogens is 358 g/mol. The molecule has 0 saturated heterocycles. The average Bonchev–Trinajstić information content (AvgIpc) is 3.27. The third-order valence-electron chi connectivity index (χ3n) is 3.46. The van der Waals surface area contributed by atoms with Gasteiger partial charge in [-0.1, -0.05) is 23.5 Å². The van der Waals surface area contributed by atoms with Gasteiger partial charge in [0.15, 0.2) is 5.13 Å². The molecule has 1 aromatic carbocycles. The van der Waals surface area contributed by atoms with Crippen molar-refractivity contribution in [2.24, 2.45) is 0 Å². The summed E-state index contributed by atoms with van der Waals surface area (Å²) in [5.41, 5.74) is 0.744. The lowest BCUT2D eigenvalue weighted by molar-refractivity contribution is -0.116. The van der Waals surface area contributed by atoms with E-state index >= 15 is 0 Å². The third-order valence-corrected chi connectivity index (χ3v) is 5.26. The maximum atomic E-state index is 12.0. The number of carbonyl (C=O) groups is 2. The Labute approximate surface area is 152 Å². The van der Waals surface area contributed by atoms with Crippen molar-refractivity contribution < 1.29 is 14.3 Å². The lowest BCUT2D eigenvalue weighted by Gasteiger charge is -2.04. The van der Waals surface area contributed by atoms with Crippen molar-refractivity contribution in [1.82, 2.24) is 10.3 Å². The van der Waals surface area contributed by atoms with Crippen LogP contribution in [0.15, 0.2) is 35.7 Å². The van der Waals surface area contributed by atoms with E-state index in [9.17, 15) is 9.59 Å². The molecule has 0 aliphatic heterocycles. The molecule has 2 N–H and O–H groups in total. The van der Waals surface area contributed by atoms with Gasteiger partial charge < -0.3 is 15.4 Å². The largest absolute Gasteiger partial charge is 0.494 e. The fraction of sp³-hybridized carbons (Fsp3) is 0.235. The van der Waals surface area contributed by atoms with Crippen LogP contribution in [0.25, 0.3) is 10.2 Å². The number of carbonyl (C=O) groups excluding carboxylic acids is 2. The summed E-state index contributed by atoms with van der Waals surface area (Å²) in [7, 11) is 1.59. The number of nitrogens with zero attached hydrogens (tertiary/aromatic N) is 1. The van der Waals surface area contributed by atoms with Crippen LogP contribution in [0.1, 0.15) is 22.5 Å². The number of fused-ring (bicyclic) bond motifs is 1. The quantitative estimate of drug-likeness (QED) is 0.619. The molecule has 0 saturated carbocycles. The Hall–Kier alpha value is -2.45. The summed E-state index contributed by atoms with van der Waals surface area (Å²) in [4.78, 5) is 28.9. The molecule has 3 rings (SSSR count). The number of para-hydroxylation sites is 1. The molecule has 25 heavy (non-hydrogen) atoms. The van der Waals surface area contributed by atoms with E-state index in [1.54, 1.807) is 13.2 Å². The van der Waals surface area contributed by atoms with Crippen molar-refractivity contribution in [1.29, 1.82) is 0 Å². The zero-order chi connectivity index (χ0) is 17.6. The van der Waals surface area contributed by atoms with Crippen molar-refractivity contribution in [3.8, 4) is 5.75 Å². The molecule has 0 spiro atoms. The Bertz CT molecular complexity index is 875. The molecule has 130 valence electrons. The van der Waals surface area contributed by atoms with Crippen molar-refractivity contribution in [2.45, 2.75) is 12.8 Å². The normalized spacial score (nSPS) is 10.6. The number of nitrogens with one attached hydrogen (secondary N) is 2. The Morgan fingerprint density at radius 3 is 2.88 bits per heavy atom. The van der Waals surface area contributed by atoms with E-state index in [-0.39, 0.29) is 11.8 Å². The van der Waals surface area contributed by atoms with Crippen LogP contribution in [0.4, 0.5) is 5.13 Å². The van der Waals surface area contributed by atoms with E-state index in [2.05, 4.69) is 15.6 Å². The van der Waals surface area contributed by atoms with Gasteiger partial charge in [-0.05, 0) is 30.0 Å². The second-order valence-corrected chi connectivity index (χ2v) is 7.19. The van der Waals surface area contributed by atoms with E-state index in [1.165, 1.54) is 22.7 Å². The zero-order valence-corrected chi connectivity index (χ0v) is 15.2. The highest BCUT2D eigenvalue weighted by Gasteiger charge is 2.11. The van der Waals surface area contributed by atoms with Crippen LogP contribution >= 0.6 is 22.7 Å². The maximum Gasteiger partial charge on any atom is 0.261 e. The van der Waals surface area contributed by atoms with E-state index in [1.807, 2.05) is 29.6 Å². The Balaban J connectivity index is 1.47. The van der Waals surface area contributed by atoms with Gasteiger partial charge in [0.2, 0.25) is 5.91 Å². The van der Waals surface area contributed by atoms with Gasteiger partial charge in [0.05, 0.1) is 16.7 Å². The highest BCUT2D eigenvalue weighted by atomic mass is 32.1. The smallest absolute Gasteiger partial charge is 0.261 e. The van der Waals surface area contributed by atoms with Gasteiger partial charge in [0.25, 0.3) is 5.91 Å². The minimum Gasteiger partial charge on any atom is -0.494 e. The first-order valence-electron chi connectivity index (χ1n) is 7.72. The summed E-state index contributed by atoms with van der Waals surface area (Å²) in [5.74, 6) is 0.461. The number of aromatic nitrogens is 1. The minimum atomic E-state index is -0.122. The zero-order valence-electron chi connectivity index (χ0n) is 13.6. The number of anilines is 1. The standard InChI is InChI=1S/C17H17N3O3S2/c1-23-11-5-2-6-12-15(11)20-17(25-12)19-14(21)8-3-9-18-16(22)13-7-4-10-24-13/h2,4-7,10H,3,8-9H2,1H3,(H,18,22)(H,19,20,21). The second kappa shape index (κ2) is 8.09. The summed E-state index contributed by atoms with van der Waals surface area (Å²) in [6.07, 6.45) is 0.884. The number of benzene rings is 1. The Morgan fingerprint density at radius 1 is 1.24 bits per heavy atom. The summed E-state index contributed by atoms with van der Waals surface area (Å²) in [6.45, 7) is 0.456. The molecule has 0 fully saturated rings. The molecule has 2 aromatic heterocycles. The first kappa shape index (κ1) is 17.4. The summed E-state index contributed by atoms with van der Waals surface area (Å²) < 4.78 is 6.23. The van der Waals surface area contributed by atoms with Gasteiger partial charge in [-0.3, -0.25) is 9.59 Å². The molecule has 0 radical (unpaired) electrons. The van der Waals surface area contributed by atoms with E-state index in [0.29, 0.717) is 35.1 Å². The van der Waals surface area contributed by atoms with Crippen molar-refractivity contribution in [3.63, 3.8) is 0 Å². The van der Waals surface area contributed by atoms with Gasteiger partial charge in [-0.25, -0.2) is 4.98 Å². The number of methoxy groups -OCH3 is 1. The first-order valence-corrected chi connectivity index (χ1v) is 9.42. The van der Waals surface area contributed by atoms with Crippen LogP contribution in [0.5, 0.6) is 5.75 Å². The summed E-state index contributed by atoms with van der Waals surface area (Å²) in [5, 5.41) is 8.01. The predicted molar refractivity (Wildman–Crippen MR) is 101 cm³/mol. The van der Waals surface area contributed by atoms with Crippen LogP contribution in [0.2, 0.25) is 0 Å². The molecule has 0 aliphatic carbocycles. The molecule has 2 heterocycles. The summed E-state index contributed by atoms with van der Waals surface area (Å²) >= 11 is 2.80. The number of hydrogen-bond donors (Lipinski definition) is 2. The molecule has 0 bridgehead atoms. The van der Waals surface area contributed by atoms with Gasteiger partial charge >= 0.3 is 0 Å². The number of thiophene rings is 1. The van der Waals surface area contributed by atoms with Gasteiger partial charge in [-0.2, -0.15) is 0 Å². The second-order valence-electron chi connectivity index (χ2n) is 5.21. The lowest BCUT2D eigenvalue weighted by atomic mass is 10.3. The molecular formula is C17H17N3O3S2. The van der Waals surface area contributed by atoms with Crippen molar-refractivity contribution >= 4 is 49.8 Å². The van der Waals surface area contributed by atoms with Crippen molar-refractivity contribution in [3.05, 3.63) is 40.6 Å². The van der Waals surface area contributed by atoms with Crippen LogP contribution in [0, 0.1) is 0 Å². The number of amides is 2. The first-order chi connectivity index (χ1) is 12.2. The lowest BCUT2D eigenvalue weighted by Crippen LogP contribution is -2.24. The van der Waals surface area contributed by atoms with Crippen LogP contribution in [0.3, 0.4) is 0 Å². The number of hydrogen-bond acceptors (Lipinski definition) is 6. The van der Waals surface area contributed by atoms with Crippen LogP contribution in [-0.4, -0.2) is 30.5 Å². The highest BCUT2D eigenvalue weighted by molar-refractivity contribution is 7.22. The molecule has 0 atom stereocenters. The minimum absolute atomic E-state index is 0.103. The molecule has 6 nitrogen and oxygen atoms in total. The summed E-state index contributed by atoms with van der Waals surface area (Å²) in [6, 6.07) is 9.27. The third kappa shape index (κ3) is 4.34. The van der Waals surface area contributed by atoms with E-state index < -0.39 is 0 Å². The van der Waals surface area contributed by atoms with Crippen LogP contribution in [-0.2, 0) is 4.79 Å². The average molecular weight is 375 g/mol. The molecule has 3 aromatic rings. The molecule has 2 amide bonds. The fourth-order valence-corrected chi connectivity index (χ4v) is 3.81. The van der Waals surface area contributed by atoms with Gasteiger partial charge in [-0.15, -0.1) is 11.3 Å². The van der Waals surface area contributed by atoms with E-state index in [0.717, 1.165) is 10.2 Å². The molecule has 8 heteroatoms. The maximum absolute atomic E-state index is 12.0. The molecule has 0 aliphatic rings. The Kier molecular flexibility index (Phi) is 5.62. The fourth-order valence-electron chi connectivity index (χ4n) is 2.27. The SMILES string of the molecule is COc1cccc2sc(NC(=O)CCCNC(=O)c3cccs3)nc12. The number of thiazole rings is 1. The topological polar surface area (TPSA) is 80.3 Å². The van der Waals surface area contributed by atoms with Gasteiger partial charge in [0, 0.05) is 13.0 Å². The van der Waals surface area contributed by atoms with Crippen LogP contribution < -0.4 is 15.4 Å². The highest BCUT2D eigenvalue weighted by Crippen LogP contribution is 2.32. The molecule has 0 unspecified atom stereocenters. The van der Waals surface area contributed by atoms with Gasteiger partial charge in [0.1, 0.15) is 11.3 Å². The monoisotopic (exact) mass is 375 g/mol. The van der Waals surface area contributed by atoms with E-state index in [4.69, 9.17) is 4.74 Å². The predicted octanol–water partition coefficient (Wildman–Crippen LogP) is 3.52. The number of ether oxygens (including phenoxy) is 1.